The highest BCUT2D eigenvalue weighted by atomic mass is 32.1. The first-order valence-corrected chi connectivity index (χ1v) is 37.8. The number of unbranched alkanes of at least 4 members (excludes halogenated alkanes) is 31. The first kappa shape index (κ1) is 72.1. The van der Waals surface area contributed by atoms with Crippen LogP contribution in [-0.2, 0) is 9.59 Å². The Bertz CT molecular complexity index is 2600. The second-order valence-corrected chi connectivity index (χ2v) is 28.5. The number of aliphatic hydroxyl groups is 1. The molecule has 5 heterocycles. The molecule has 2 aliphatic rings. The Morgan fingerprint density at radius 2 is 0.847 bits per heavy atom. The van der Waals surface area contributed by atoms with Crippen LogP contribution in [0.2, 0.25) is 0 Å². The van der Waals surface area contributed by atoms with Crippen molar-refractivity contribution in [3.8, 4) is 10.6 Å². The molecule has 6 nitrogen and oxygen atoms in total. The molecule has 2 atom stereocenters. The average Bonchev–Trinajstić information content (AvgIpc) is 1.63. The summed E-state index contributed by atoms with van der Waals surface area (Å²) in [5.41, 5.74) is 2.66. The van der Waals surface area contributed by atoms with Gasteiger partial charge in [-0.25, -0.2) is 0 Å². The highest BCUT2D eigenvalue weighted by molar-refractivity contribution is 7.29. The molecule has 0 saturated heterocycles. The molecule has 4 aromatic rings. The molecule has 2 unspecified atom stereocenters. The van der Waals surface area contributed by atoms with Crippen LogP contribution in [0.5, 0.6) is 0 Å². The molecule has 2 aliphatic heterocycles. The van der Waals surface area contributed by atoms with Crippen LogP contribution in [0.25, 0.3) is 31.2 Å². The minimum absolute atomic E-state index is 0.0102. The monoisotopic (exact) mass is 1200 g/mol. The number of carbonyl (C=O) groups excluding carboxylic acids is 2. The Morgan fingerprint density at radius 3 is 1.26 bits per heavy atom. The van der Waals surface area contributed by atoms with Crippen molar-refractivity contribution in [2.45, 2.75) is 331 Å². The number of hydrogen-bond acceptors (Lipinski definition) is 6. The van der Waals surface area contributed by atoms with E-state index < -0.39 is 0 Å². The van der Waals surface area contributed by atoms with Gasteiger partial charge in [0.2, 0.25) is 0 Å². The number of furan rings is 1. The maximum atomic E-state index is 15.7. The molecule has 0 bridgehead atoms. The normalized spacial score (nSPS) is 14.2. The van der Waals surface area contributed by atoms with Gasteiger partial charge in [0.1, 0.15) is 17.3 Å². The van der Waals surface area contributed by atoms with Gasteiger partial charge in [0.05, 0.1) is 27.4 Å². The second-order valence-electron chi connectivity index (χ2n) is 26.3. The Kier molecular flexibility index (Phi) is 35.9. The molecule has 1 N–H and O–H groups in total. The fourth-order valence-electron chi connectivity index (χ4n) is 12.9. The van der Waals surface area contributed by atoms with Gasteiger partial charge >= 0.3 is 0 Å². The lowest BCUT2D eigenvalue weighted by molar-refractivity contribution is -0.114. The van der Waals surface area contributed by atoms with Crippen LogP contribution < -0.4 is 20.2 Å². The Labute approximate surface area is 528 Å². The van der Waals surface area contributed by atoms with Gasteiger partial charge in [-0.05, 0) is 92.3 Å². The van der Waals surface area contributed by atoms with E-state index in [9.17, 15) is 5.11 Å². The summed E-state index contributed by atoms with van der Waals surface area (Å²) in [4.78, 5) is 37.5. The Morgan fingerprint density at radius 1 is 0.459 bits per heavy atom. The number of rotatable bonds is 48. The number of benzene rings is 1. The van der Waals surface area contributed by atoms with Gasteiger partial charge in [-0.15, -0.1) is 22.7 Å². The number of carbonyl (C=O) groups is 2. The Balaban J connectivity index is 0.00000319. The van der Waals surface area contributed by atoms with E-state index in [0.717, 1.165) is 64.6 Å². The predicted molar refractivity (Wildman–Crippen MR) is 375 cm³/mol. The van der Waals surface area contributed by atoms with Gasteiger partial charge in [0, 0.05) is 37.8 Å². The summed E-state index contributed by atoms with van der Waals surface area (Å²) in [7, 11) is 0. The van der Waals surface area contributed by atoms with E-state index in [-0.39, 0.29) is 17.6 Å². The molecule has 0 fully saturated rings. The lowest BCUT2D eigenvalue weighted by Crippen LogP contribution is -2.35. The zero-order valence-electron chi connectivity index (χ0n) is 56.1. The number of hydrogen-bond donors (Lipinski definition) is 1. The molecule has 3 aromatic heterocycles. The van der Waals surface area contributed by atoms with Crippen molar-refractivity contribution in [1.82, 2.24) is 0 Å². The van der Waals surface area contributed by atoms with E-state index in [1.807, 2.05) is 28.4 Å². The highest BCUT2D eigenvalue weighted by Crippen LogP contribution is 2.42. The summed E-state index contributed by atoms with van der Waals surface area (Å²) in [6.45, 7) is 21.4. The largest absolute Gasteiger partial charge is 0.507 e. The van der Waals surface area contributed by atoms with Gasteiger partial charge < -0.3 is 19.3 Å². The number of allylic oxidation sites excluding steroid dienone is 1. The van der Waals surface area contributed by atoms with Crippen molar-refractivity contribution < 1.29 is 19.1 Å². The van der Waals surface area contributed by atoms with Crippen LogP contribution in [0.3, 0.4) is 0 Å². The molecule has 0 spiro atoms. The highest BCUT2D eigenvalue weighted by Gasteiger charge is 2.39. The van der Waals surface area contributed by atoms with E-state index in [0.29, 0.717) is 54.2 Å². The van der Waals surface area contributed by atoms with Crippen LogP contribution in [0.1, 0.15) is 342 Å². The second kappa shape index (κ2) is 42.3. The lowest BCUT2D eigenvalue weighted by Gasteiger charge is -2.27. The number of fused-ring (bicyclic) bond motifs is 3. The van der Waals surface area contributed by atoms with Gasteiger partial charge in [-0.3, -0.25) is 9.59 Å². The summed E-state index contributed by atoms with van der Waals surface area (Å²) in [6, 6.07) is 12.9. The quantitative estimate of drug-likeness (QED) is 0.0353. The summed E-state index contributed by atoms with van der Waals surface area (Å²) in [6.07, 6.45) is 53.0. The number of anilines is 2. The third kappa shape index (κ3) is 24.0. The number of amides is 2. The smallest absolute Gasteiger partial charge is 0.262 e. The van der Waals surface area contributed by atoms with E-state index in [1.165, 1.54) is 239 Å². The van der Waals surface area contributed by atoms with Crippen LogP contribution >= 0.6 is 22.7 Å². The van der Waals surface area contributed by atoms with E-state index >= 15 is 9.59 Å². The number of nitrogens with zero attached hydrogens (tertiary/aromatic N) is 2. The minimum atomic E-state index is -0.106. The van der Waals surface area contributed by atoms with Gasteiger partial charge in [0.15, 0.2) is 0 Å². The van der Waals surface area contributed by atoms with Crippen molar-refractivity contribution in [1.29, 1.82) is 0 Å². The van der Waals surface area contributed by atoms with E-state index in [2.05, 4.69) is 97.5 Å². The lowest BCUT2D eigenvalue weighted by atomic mass is 9.93. The fraction of sp³-hybridized carbons (Fsp3) is 0.714. The molecule has 0 aliphatic carbocycles. The topological polar surface area (TPSA) is 74.0 Å². The van der Waals surface area contributed by atoms with Crippen molar-refractivity contribution in [3.63, 3.8) is 0 Å². The molecule has 0 radical (unpaired) electrons. The van der Waals surface area contributed by atoms with Crippen molar-refractivity contribution in [2.24, 2.45) is 11.8 Å². The van der Waals surface area contributed by atoms with Crippen molar-refractivity contribution in [3.05, 3.63) is 69.3 Å². The molecule has 2 amide bonds. The maximum absolute atomic E-state index is 15.7. The molecule has 0 saturated carbocycles. The minimum Gasteiger partial charge on any atom is -0.507 e. The van der Waals surface area contributed by atoms with E-state index in [1.54, 1.807) is 11.3 Å². The average molecular weight is 1210 g/mol. The fourth-order valence-corrected chi connectivity index (χ4v) is 15.2. The van der Waals surface area contributed by atoms with Crippen molar-refractivity contribution >= 4 is 66.4 Å². The first-order valence-electron chi connectivity index (χ1n) is 36.1. The zero-order valence-corrected chi connectivity index (χ0v) is 57.7. The molecule has 6 rings (SSSR count). The summed E-state index contributed by atoms with van der Waals surface area (Å²) >= 11 is 3.62. The van der Waals surface area contributed by atoms with Crippen LogP contribution in [0, 0.1) is 11.8 Å². The summed E-state index contributed by atoms with van der Waals surface area (Å²) in [5.74, 6) is 2.51. The third-order valence-electron chi connectivity index (χ3n) is 18.4. The van der Waals surface area contributed by atoms with Crippen LogP contribution in [-0.4, -0.2) is 30.0 Å². The zero-order chi connectivity index (χ0) is 61.0. The predicted octanol–water partition coefficient (Wildman–Crippen LogP) is 24.2. The maximum Gasteiger partial charge on any atom is 0.262 e. The SMILES string of the molecule is CCC/C=C(\O)C1=c2cc3c(cc2N(CC(CCCCCCCCC)CCCCCCCCCC)C1=O)=C(c1ccc(-c2cc4sc(C(C)C)cc4s2)o1)C(=O)N3CC(CCCCCCCCCC)CCCCCCCCCCCC.CCCC. The Hall–Kier alpha value is -3.62. The number of aliphatic hydroxyl groups excluding tert-OH is 1. The molecule has 1 aromatic carbocycles. The first-order chi connectivity index (χ1) is 41.5. The van der Waals surface area contributed by atoms with Crippen LogP contribution in [0.4, 0.5) is 11.4 Å². The van der Waals surface area contributed by atoms with Gasteiger partial charge in [-0.1, -0.05) is 293 Å². The molecular formula is C77H124N2O4S2. The summed E-state index contributed by atoms with van der Waals surface area (Å²) in [5, 5.41) is 13.6. The third-order valence-corrected chi connectivity index (χ3v) is 21.0. The van der Waals surface area contributed by atoms with Crippen molar-refractivity contribution in [2.75, 3.05) is 22.9 Å². The van der Waals surface area contributed by atoms with Crippen LogP contribution in [0.15, 0.2) is 52.7 Å². The molecule has 478 valence electrons. The van der Waals surface area contributed by atoms with Gasteiger partial charge in [-0.2, -0.15) is 0 Å². The van der Waals surface area contributed by atoms with Gasteiger partial charge in [0.25, 0.3) is 11.8 Å². The molecule has 85 heavy (non-hydrogen) atoms. The summed E-state index contributed by atoms with van der Waals surface area (Å²) < 4.78 is 9.44. The molecular weight excluding hydrogens is 1080 g/mol. The molecule has 8 heteroatoms. The number of thiophene rings is 2. The standard InChI is InChI=1S/C73H114N2O4S2.C4H10/c1-8-13-18-22-26-29-30-34-38-42-46-58(45-41-37-33-28-24-20-15-10-3)55-75-62-50-59-61(51-60(62)71(73(75)78)65-49-48-64(79-65)67-53-69-68(81-67)52-66(80-69)56(6)7)74(72(77)70(59)63(76)47-17-12-5)54-57(43-39-35-31-25-21-16-11-4)44-40-36-32-27-23-19-14-9-2;1-3-4-2/h47-53,56-58,76H,8-46,54-55H2,1-7H3;3-4H2,1-2H3/b63-47-;. The van der Waals surface area contributed by atoms with E-state index in [4.69, 9.17) is 4.42 Å².